The van der Waals surface area contributed by atoms with Crippen LogP contribution in [0, 0.1) is 0 Å². The lowest BCUT2D eigenvalue weighted by Gasteiger charge is -2.30. The Hall–Kier alpha value is -1.48. The lowest BCUT2D eigenvalue weighted by Crippen LogP contribution is -2.38. The van der Waals surface area contributed by atoms with E-state index >= 15 is 0 Å². The molecule has 0 saturated carbocycles. The summed E-state index contributed by atoms with van der Waals surface area (Å²) in [5.41, 5.74) is 0.196. The number of hydrogen-bond acceptors (Lipinski definition) is 2. The van der Waals surface area contributed by atoms with E-state index in [4.69, 9.17) is 16.3 Å². The maximum atomic E-state index is 11.7. The molecule has 1 aliphatic heterocycles. The van der Waals surface area contributed by atoms with Crippen LogP contribution in [0.1, 0.15) is 13.8 Å². The number of carbonyl (C=O) groups excluding carboxylic acids is 1. The molecule has 0 atom stereocenters. The normalized spacial score (nSPS) is 18.4. The van der Waals surface area contributed by atoms with Crippen LogP contribution in [0.15, 0.2) is 36.5 Å². The van der Waals surface area contributed by atoms with Crippen molar-refractivity contribution in [2.24, 2.45) is 0 Å². The van der Waals surface area contributed by atoms with Gasteiger partial charge in [-0.3, -0.25) is 4.90 Å². The van der Waals surface area contributed by atoms with E-state index in [1.54, 1.807) is 30.5 Å². The van der Waals surface area contributed by atoms with Crippen molar-refractivity contribution in [1.82, 2.24) is 0 Å². The molecule has 1 aromatic rings. The predicted octanol–water partition coefficient (Wildman–Crippen LogP) is 3.59. The number of anilines is 1. The van der Waals surface area contributed by atoms with Crippen LogP contribution < -0.4 is 4.90 Å². The molecular weight excluding hydrogens is 226 g/mol. The Kier molecular flexibility index (Phi) is 2.64. The van der Waals surface area contributed by atoms with E-state index in [0.717, 1.165) is 5.69 Å². The fraction of sp³-hybridized carbons (Fsp3) is 0.250. The standard InChI is InChI=1S/C12H12ClNO2/c1-12(2)7-8-14(11(15)16-12)10-5-3-9(13)4-6-10/h3-8H,1-2H3. The van der Waals surface area contributed by atoms with Gasteiger partial charge in [-0.15, -0.1) is 0 Å². The van der Waals surface area contributed by atoms with Gasteiger partial charge in [0.25, 0.3) is 0 Å². The molecule has 1 heterocycles. The van der Waals surface area contributed by atoms with Crippen LogP contribution in [0.5, 0.6) is 0 Å². The van der Waals surface area contributed by atoms with Crippen LogP contribution in [0.4, 0.5) is 10.5 Å². The molecule has 0 aliphatic carbocycles. The Bertz CT molecular complexity index is 437. The summed E-state index contributed by atoms with van der Waals surface area (Å²) in [5.74, 6) is 0. The van der Waals surface area contributed by atoms with Gasteiger partial charge in [-0.25, -0.2) is 4.79 Å². The van der Waals surface area contributed by atoms with Crippen LogP contribution in [-0.2, 0) is 4.74 Å². The molecule has 0 bridgehead atoms. The molecule has 84 valence electrons. The summed E-state index contributed by atoms with van der Waals surface area (Å²) >= 11 is 5.78. The average Bonchev–Trinajstić information content (AvgIpc) is 2.19. The topological polar surface area (TPSA) is 29.5 Å². The van der Waals surface area contributed by atoms with E-state index in [1.165, 1.54) is 4.90 Å². The van der Waals surface area contributed by atoms with E-state index in [2.05, 4.69) is 0 Å². The molecule has 0 N–H and O–H groups in total. The molecule has 3 nitrogen and oxygen atoms in total. The summed E-state index contributed by atoms with van der Waals surface area (Å²) in [6.07, 6.45) is 3.17. The minimum atomic E-state index is -0.542. The molecule has 0 radical (unpaired) electrons. The van der Waals surface area contributed by atoms with Crippen LogP contribution in [0.2, 0.25) is 5.02 Å². The highest BCUT2D eigenvalue weighted by molar-refractivity contribution is 6.30. The second-order valence-corrected chi connectivity index (χ2v) is 4.57. The Labute approximate surface area is 99.3 Å². The van der Waals surface area contributed by atoms with Gasteiger partial charge in [0, 0.05) is 11.2 Å². The van der Waals surface area contributed by atoms with Gasteiger partial charge in [0.05, 0.1) is 5.69 Å². The number of ether oxygens (including phenoxy) is 1. The lowest BCUT2D eigenvalue weighted by atomic mass is 10.1. The molecule has 1 aromatic carbocycles. The zero-order chi connectivity index (χ0) is 11.8. The molecule has 0 aromatic heterocycles. The highest BCUT2D eigenvalue weighted by Crippen LogP contribution is 2.25. The Morgan fingerprint density at radius 3 is 2.44 bits per heavy atom. The quantitative estimate of drug-likeness (QED) is 0.747. The number of cyclic esters (lactones) is 1. The first kappa shape index (κ1) is 11.0. The largest absolute Gasteiger partial charge is 0.439 e. The van der Waals surface area contributed by atoms with Crippen molar-refractivity contribution in [1.29, 1.82) is 0 Å². The van der Waals surface area contributed by atoms with Crippen LogP contribution in [0.25, 0.3) is 0 Å². The molecule has 16 heavy (non-hydrogen) atoms. The van der Waals surface area contributed by atoms with Crippen molar-refractivity contribution >= 4 is 23.4 Å². The Balaban J connectivity index is 2.29. The summed E-state index contributed by atoms with van der Waals surface area (Å²) in [4.78, 5) is 13.2. The summed E-state index contributed by atoms with van der Waals surface area (Å²) in [7, 11) is 0. The fourth-order valence-electron chi connectivity index (χ4n) is 1.42. The highest BCUT2D eigenvalue weighted by Gasteiger charge is 2.28. The molecule has 2 rings (SSSR count). The third-order valence-electron chi connectivity index (χ3n) is 2.28. The predicted molar refractivity (Wildman–Crippen MR) is 63.6 cm³/mol. The molecule has 1 aliphatic rings. The molecular formula is C12H12ClNO2. The van der Waals surface area contributed by atoms with Gasteiger partial charge < -0.3 is 4.74 Å². The number of rotatable bonds is 1. The first-order valence-electron chi connectivity index (χ1n) is 4.95. The van der Waals surface area contributed by atoms with Gasteiger partial charge in [-0.1, -0.05) is 11.6 Å². The zero-order valence-corrected chi connectivity index (χ0v) is 9.86. The highest BCUT2D eigenvalue weighted by atomic mass is 35.5. The van der Waals surface area contributed by atoms with Gasteiger partial charge in [0.2, 0.25) is 0 Å². The molecule has 4 heteroatoms. The Morgan fingerprint density at radius 1 is 1.25 bits per heavy atom. The molecule has 0 spiro atoms. The van der Waals surface area contributed by atoms with Crippen LogP contribution in [0.3, 0.4) is 0 Å². The number of halogens is 1. The SMILES string of the molecule is CC1(C)C=CN(c2ccc(Cl)cc2)C(=O)O1. The number of amides is 1. The number of carbonyl (C=O) groups is 1. The Morgan fingerprint density at radius 2 is 1.88 bits per heavy atom. The molecule has 1 amide bonds. The number of benzene rings is 1. The van der Waals surface area contributed by atoms with Crippen molar-refractivity contribution in [3.63, 3.8) is 0 Å². The van der Waals surface area contributed by atoms with Gasteiger partial charge in [-0.05, 0) is 44.2 Å². The van der Waals surface area contributed by atoms with E-state index < -0.39 is 5.60 Å². The summed E-state index contributed by atoms with van der Waals surface area (Å²) in [6.45, 7) is 3.67. The van der Waals surface area contributed by atoms with Gasteiger partial charge >= 0.3 is 6.09 Å². The van der Waals surface area contributed by atoms with Crippen LogP contribution in [-0.4, -0.2) is 11.7 Å². The minimum absolute atomic E-state index is 0.380. The van der Waals surface area contributed by atoms with Crippen LogP contribution >= 0.6 is 11.6 Å². The van der Waals surface area contributed by atoms with Crippen molar-refractivity contribution in [3.8, 4) is 0 Å². The monoisotopic (exact) mass is 237 g/mol. The fourth-order valence-corrected chi connectivity index (χ4v) is 1.54. The average molecular weight is 238 g/mol. The number of hydrogen-bond donors (Lipinski definition) is 0. The zero-order valence-electron chi connectivity index (χ0n) is 9.11. The molecule has 0 saturated heterocycles. The minimum Gasteiger partial charge on any atom is -0.439 e. The van der Waals surface area contributed by atoms with Crippen molar-refractivity contribution in [2.75, 3.05) is 4.90 Å². The maximum absolute atomic E-state index is 11.7. The third-order valence-corrected chi connectivity index (χ3v) is 2.53. The molecule has 0 fully saturated rings. The van der Waals surface area contributed by atoms with E-state index in [0.29, 0.717) is 5.02 Å². The summed E-state index contributed by atoms with van der Waals surface area (Å²) < 4.78 is 5.24. The first-order valence-corrected chi connectivity index (χ1v) is 5.33. The van der Waals surface area contributed by atoms with E-state index in [9.17, 15) is 4.79 Å². The van der Waals surface area contributed by atoms with E-state index in [1.807, 2.05) is 19.9 Å². The molecule has 0 unspecified atom stereocenters. The smallest absolute Gasteiger partial charge is 0.419 e. The van der Waals surface area contributed by atoms with Crippen molar-refractivity contribution in [3.05, 3.63) is 41.6 Å². The van der Waals surface area contributed by atoms with Gasteiger partial charge in [0.1, 0.15) is 5.60 Å². The third kappa shape index (κ3) is 2.19. The van der Waals surface area contributed by atoms with Gasteiger partial charge in [-0.2, -0.15) is 0 Å². The summed E-state index contributed by atoms with van der Waals surface area (Å²) in [6, 6.07) is 7.01. The second kappa shape index (κ2) is 3.83. The maximum Gasteiger partial charge on any atom is 0.419 e. The second-order valence-electron chi connectivity index (χ2n) is 4.13. The van der Waals surface area contributed by atoms with E-state index in [-0.39, 0.29) is 6.09 Å². The lowest BCUT2D eigenvalue weighted by molar-refractivity contribution is 0.0741. The van der Waals surface area contributed by atoms with Gasteiger partial charge in [0.15, 0.2) is 0 Å². The van der Waals surface area contributed by atoms with Crippen molar-refractivity contribution in [2.45, 2.75) is 19.4 Å². The first-order chi connectivity index (χ1) is 7.48. The summed E-state index contributed by atoms with van der Waals surface area (Å²) in [5, 5.41) is 0.637. The van der Waals surface area contributed by atoms with Crippen molar-refractivity contribution < 1.29 is 9.53 Å². The number of nitrogens with zero attached hydrogens (tertiary/aromatic N) is 1.